The SMILES string of the molecule is O=C(O)C(=O)c1ccccc1.[CH2-]C.[CH2-]C.[Zr+2]. The van der Waals surface area contributed by atoms with E-state index in [0.29, 0.717) is 0 Å². The molecule has 0 fully saturated rings. The molecular weight excluding hydrogens is 283 g/mol. The molecule has 0 saturated carbocycles. The van der Waals surface area contributed by atoms with E-state index < -0.39 is 11.8 Å². The molecule has 0 spiro atoms. The fourth-order valence-corrected chi connectivity index (χ4v) is 0.713. The van der Waals surface area contributed by atoms with Gasteiger partial charge in [-0.15, -0.1) is 0 Å². The van der Waals surface area contributed by atoms with Crippen molar-refractivity contribution in [3.8, 4) is 0 Å². The van der Waals surface area contributed by atoms with Crippen LogP contribution in [0.25, 0.3) is 0 Å². The molecule has 16 heavy (non-hydrogen) atoms. The fraction of sp³-hybridized carbons (Fsp3) is 0.167. The van der Waals surface area contributed by atoms with Gasteiger partial charge < -0.3 is 19.0 Å². The Hall–Kier alpha value is -0.757. The number of carbonyl (C=O) groups excluding carboxylic acids is 1. The predicted molar refractivity (Wildman–Crippen MR) is 60.5 cm³/mol. The maximum atomic E-state index is 10.7. The summed E-state index contributed by atoms with van der Waals surface area (Å²) in [5.74, 6) is -2.29. The number of carboxylic acids is 1. The molecule has 3 nitrogen and oxygen atoms in total. The van der Waals surface area contributed by atoms with Crippen molar-refractivity contribution in [3.63, 3.8) is 0 Å². The summed E-state index contributed by atoms with van der Waals surface area (Å²) < 4.78 is 0. The molecule has 0 aliphatic heterocycles. The van der Waals surface area contributed by atoms with Crippen LogP contribution in [-0.2, 0) is 31.0 Å². The van der Waals surface area contributed by atoms with Crippen LogP contribution in [-0.4, -0.2) is 16.9 Å². The molecule has 0 radical (unpaired) electrons. The van der Waals surface area contributed by atoms with E-state index in [4.69, 9.17) is 5.11 Å². The van der Waals surface area contributed by atoms with Crippen LogP contribution in [0, 0.1) is 13.8 Å². The number of rotatable bonds is 2. The molecule has 0 unspecified atom stereocenters. The Morgan fingerprint density at radius 3 is 1.69 bits per heavy atom. The molecule has 1 aromatic carbocycles. The monoisotopic (exact) mass is 298 g/mol. The Labute approximate surface area is 116 Å². The van der Waals surface area contributed by atoms with Crippen molar-refractivity contribution in [2.45, 2.75) is 13.8 Å². The van der Waals surface area contributed by atoms with Crippen molar-refractivity contribution in [1.29, 1.82) is 0 Å². The average Bonchev–Trinajstić information content (AvgIpc) is 2.34. The van der Waals surface area contributed by atoms with Crippen molar-refractivity contribution < 1.29 is 40.9 Å². The molecule has 0 aliphatic carbocycles. The second kappa shape index (κ2) is 14.2. The molecule has 1 aromatic rings. The first-order valence-electron chi connectivity index (χ1n) is 4.46. The number of carbonyl (C=O) groups is 2. The van der Waals surface area contributed by atoms with E-state index >= 15 is 0 Å². The number of hydrogen-bond donors (Lipinski definition) is 1. The minimum Gasteiger partial charge on any atom is -0.475 e. The first-order valence-corrected chi connectivity index (χ1v) is 4.46. The van der Waals surface area contributed by atoms with Gasteiger partial charge in [0.05, 0.1) is 0 Å². The summed E-state index contributed by atoms with van der Waals surface area (Å²) >= 11 is 0. The van der Waals surface area contributed by atoms with Gasteiger partial charge in [0, 0.05) is 5.56 Å². The second-order valence-corrected chi connectivity index (χ2v) is 2.00. The molecule has 0 heterocycles. The third-order valence-electron chi connectivity index (χ3n) is 1.23. The summed E-state index contributed by atoms with van der Waals surface area (Å²) in [5.41, 5.74) is 0.208. The zero-order valence-corrected chi connectivity index (χ0v) is 12.0. The summed E-state index contributed by atoms with van der Waals surface area (Å²) in [6, 6.07) is 7.90. The Kier molecular flexibility index (Phi) is 18.4. The van der Waals surface area contributed by atoms with Gasteiger partial charge >= 0.3 is 32.2 Å². The van der Waals surface area contributed by atoms with Gasteiger partial charge in [0.1, 0.15) is 0 Å². The Bertz CT molecular complexity index is 284. The molecule has 4 heteroatoms. The van der Waals surface area contributed by atoms with Crippen molar-refractivity contribution in [2.75, 3.05) is 0 Å². The fourth-order valence-electron chi connectivity index (χ4n) is 0.713. The summed E-state index contributed by atoms with van der Waals surface area (Å²) in [5, 5.41) is 8.29. The molecule has 1 N–H and O–H groups in total. The van der Waals surface area contributed by atoms with Crippen molar-refractivity contribution in [3.05, 3.63) is 49.7 Å². The summed E-state index contributed by atoms with van der Waals surface area (Å²) in [6.45, 7) is 10.0. The summed E-state index contributed by atoms with van der Waals surface area (Å²) in [4.78, 5) is 20.9. The zero-order valence-electron chi connectivity index (χ0n) is 9.56. The maximum Gasteiger partial charge on any atom is 2.00 e. The van der Waals surface area contributed by atoms with Crippen molar-refractivity contribution >= 4 is 11.8 Å². The molecule has 86 valence electrons. The van der Waals surface area contributed by atoms with Crippen molar-refractivity contribution in [2.24, 2.45) is 0 Å². The zero-order chi connectivity index (χ0) is 12.3. The molecule has 0 bridgehead atoms. The van der Waals surface area contributed by atoms with E-state index in [0.717, 1.165) is 0 Å². The smallest absolute Gasteiger partial charge is 0.475 e. The minimum atomic E-state index is -1.42. The molecule has 0 saturated heterocycles. The number of hydrogen-bond acceptors (Lipinski definition) is 2. The van der Waals surface area contributed by atoms with Crippen LogP contribution in [0.2, 0.25) is 0 Å². The molecule has 0 aromatic heterocycles. The van der Waals surface area contributed by atoms with E-state index in [9.17, 15) is 9.59 Å². The van der Waals surface area contributed by atoms with E-state index in [2.05, 4.69) is 13.8 Å². The first kappa shape index (κ1) is 20.6. The molecule has 0 aliphatic rings. The molecular formula is C12H16O3Zr. The first-order chi connectivity index (χ1) is 7.22. The van der Waals surface area contributed by atoms with E-state index in [1.54, 1.807) is 32.0 Å². The van der Waals surface area contributed by atoms with Gasteiger partial charge in [0.15, 0.2) is 0 Å². The van der Waals surface area contributed by atoms with Crippen LogP contribution >= 0.6 is 0 Å². The molecule has 0 amide bonds. The van der Waals surface area contributed by atoms with Gasteiger partial charge in [-0.05, 0) is 0 Å². The standard InChI is InChI=1S/C8H6O3.2C2H5.Zr/c9-7(8(10)11)6-4-2-1-3-5-6;2*1-2;/h1-5H,(H,10,11);2*1H2,2H3;/q;2*-1;+2. The van der Waals surface area contributed by atoms with Gasteiger partial charge in [-0.25, -0.2) is 4.79 Å². The van der Waals surface area contributed by atoms with Crippen LogP contribution in [0.4, 0.5) is 0 Å². The van der Waals surface area contributed by atoms with E-state index in [1.165, 1.54) is 12.1 Å². The van der Waals surface area contributed by atoms with Gasteiger partial charge in [-0.1, -0.05) is 30.3 Å². The van der Waals surface area contributed by atoms with Crippen LogP contribution in [0.1, 0.15) is 24.2 Å². The molecule has 1 rings (SSSR count). The van der Waals surface area contributed by atoms with Gasteiger partial charge in [-0.3, -0.25) is 4.79 Å². The van der Waals surface area contributed by atoms with Gasteiger partial charge in [0.25, 0.3) is 5.78 Å². The number of aliphatic carboxylic acids is 1. The number of benzene rings is 1. The summed E-state index contributed by atoms with van der Waals surface area (Å²) in [6.07, 6.45) is 0. The quantitative estimate of drug-likeness (QED) is 0.519. The van der Waals surface area contributed by atoms with Crippen LogP contribution in [0.5, 0.6) is 0 Å². The van der Waals surface area contributed by atoms with Crippen molar-refractivity contribution in [1.82, 2.24) is 0 Å². The molecule has 0 atom stereocenters. The van der Waals surface area contributed by atoms with Gasteiger partial charge in [-0.2, -0.15) is 13.8 Å². The number of carboxylic acid groups (broad SMARTS) is 1. The van der Waals surface area contributed by atoms with Crippen LogP contribution in [0.15, 0.2) is 30.3 Å². The number of Topliss-reactive ketones (excluding diaryl/α,β-unsaturated/α-hetero) is 1. The number of ketones is 1. The average molecular weight is 299 g/mol. The third-order valence-corrected chi connectivity index (χ3v) is 1.23. The Morgan fingerprint density at radius 1 is 1.00 bits per heavy atom. The Balaban J connectivity index is -0.000000305. The maximum absolute atomic E-state index is 10.7. The topological polar surface area (TPSA) is 54.4 Å². The van der Waals surface area contributed by atoms with E-state index in [-0.39, 0.29) is 31.8 Å². The predicted octanol–water partition coefficient (Wildman–Crippen LogP) is 2.63. The van der Waals surface area contributed by atoms with Crippen LogP contribution < -0.4 is 0 Å². The largest absolute Gasteiger partial charge is 2.00 e. The van der Waals surface area contributed by atoms with E-state index in [1.807, 2.05) is 0 Å². The van der Waals surface area contributed by atoms with Gasteiger partial charge in [0.2, 0.25) is 0 Å². The summed E-state index contributed by atoms with van der Waals surface area (Å²) in [7, 11) is 0. The van der Waals surface area contributed by atoms with Crippen LogP contribution in [0.3, 0.4) is 0 Å². The Morgan fingerprint density at radius 2 is 1.38 bits per heavy atom. The second-order valence-electron chi connectivity index (χ2n) is 2.00. The normalized spacial score (nSPS) is 7.00. The third kappa shape index (κ3) is 8.54. The minimum absolute atomic E-state index is 0.